The van der Waals surface area contributed by atoms with Crippen LogP contribution in [0.25, 0.3) is 0 Å². The fourth-order valence-corrected chi connectivity index (χ4v) is 2.06. The molecule has 0 aliphatic carbocycles. The maximum Gasteiger partial charge on any atom is 0.125 e. The molecule has 0 aliphatic heterocycles. The highest BCUT2D eigenvalue weighted by Crippen LogP contribution is 2.15. The monoisotopic (exact) mass is 275 g/mol. The lowest BCUT2D eigenvalue weighted by Gasteiger charge is -2.19. The zero-order valence-corrected chi connectivity index (χ0v) is 13.4. The van der Waals surface area contributed by atoms with Gasteiger partial charge in [-0.15, -0.1) is 0 Å². The molecule has 0 aliphatic rings. The summed E-state index contributed by atoms with van der Waals surface area (Å²) in [7, 11) is 0. The maximum absolute atomic E-state index is 5.64. The standard InChI is InChI=1S/C16H25N3O/c1-11-12(2)18-19(13(11)3)9-15-7-14(10-20-15)8-17-16(4,5)6/h7,10,17H,8-9H2,1-6H3. The quantitative estimate of drug-likeness (QED) is 0.930. The van der Waals surface area contributed by atoms with Gasteiger partial charge < -0.3 is 9.73 Å². The Morgan fingerprint density at radius 1 is 1.25 bits per heavy atom. The third-order valence-electron chi connectivity index (χ3n) is 3.58. The first-order valence-corrected chi connectivity index (χ1v) is 7.08. The van der Waals surface area contributed by atoms with Crippen molar-refractivity contribution in [2.75, 3.05) is 0 Å². The van der Waals surface area contributed by atoms with Crippen LogP contribution in [-0.4, -0.2) is 15.3 Å². The highest BCUT2D eigenvalue weighted by Gasteiger charge is 2.12. The van der Waals surface area contributed by atoms with Crippen LogP contribution in [0.4, 0.5) is 0 Å². The van der Waals surface area contributed by atoms with Crippen LogP contribution in [0.1, 0.15) is 49.0 Å². The van der Waals surface area contributed by atoms with Crippen LogP contribution in [0.3, 0.4) is 0 Å². The normalized spacial score (nSPS) is 12.1. The highest BCUT2D eigenvalue weighted by molar-refractivity contribution is 5.23. The third kappa shape index (κ3) is 3.51. The molecule has 110 valence electrons. The highest BCUT2D eigenvalue weighted by atomic mass is 16.3. The Morgan fingerprint density at radius 3 is 2.50 bits per heavy atom. The van der Waals surface area contributed by atoms with Gasteiger partial charge in [-0.1, -0.05) is 0 Å². The van der Waals surface area contributed by atoms with Crippen LogP contribution < -0.4 is 5.32 Å². The minimum Gasteiger partial charge on any atom is -0.467 e. The van der Waals surface area contributed by atoms with Crippen molar-refractivity contribution in [1.29, 1.82) is 0 Å². The Morgan fingerprint density at radius 2 is 1.95 bits per heavy atom. The van der Waals surface area contributed by atoms with Gasteiger partial charge in [0, 0.05) is 23.3 Å². The van der Waals surface area contributed by atoms with Gasteiger partial charge in [-0.3, -0.25) is 4.68 Å². The molecule has 0 aromatic carbocycles. The van der Waals surface area contributed by atoms with Gasteiger partial charge >= 0.3 is 0 Å². The van der Waals surface area contributed by atoms with Crippen molar-refractivity contribution in [2.24, 2.45) is 0 Å². The number of hydrogen-bond donors (Lipinski definition) is 1. The van der Waals surface area contributed by atoms with Gasteiger partial charge in [0.25, 0.3) is 0 Å². The first-order valence-electron chi connectivity index (χ1n) is 7.08. The predicted molar refractivity (Wildman–Crippen MR) is 80.8 cm³/mol. The topological polar surface area (TPSA) is 43.0 Å². The lowest BCUT2D eigenvalue weighted by molar-refractivity contribution is 0.422. The number of rotatable bonds is 4. The molecule has 4 nitrogen and oxygen atoms in total. The van der Waals surface area contributed by atoms with Gasteiger partial charge in [0.05, 0.1) is 18.5 Å². The average molecular weight is 275 g/mol. The van der Waals surface area contributed by atoms with Crippen LogP contribution in [0, 0.1) is 20.8 Å². The summed E-state index contributed by atoms with van der Waals surface area (Å²) in [4.78, 5) is 0. The van der Waals surface area contributed by atoms with E-state index in [1.165, 1.54) is 16.8 Å². The molecule has 0 bridgehead atoms. The van der Waals surface area contributed by atoms with E-state index in [-0.39, 0.29) is 5.54 Å². The smallest absolute Gasteiger partial charge is 0.125 e. The molecule has 0 radical (unpaired) electrons. The first kappa shape index (κ1) is 14.9. The summed E-state index contributed by atoms with van der Waals surface area (Å²) in [6.45, 7) is 14.2. The summed E-state index contributed by atoms with van der Waals surface area (Å²) in [5, 5.41) is 8.00. The lowest BCUT2D eigenvalue weighted by atomic mass is 10.1. The van der Waals surface area contributed by atoms with E-state index in [2.05, 4.69) is 51.1 Å². The van der Waals surface area contributed by atoms with Gasteiger partial charge in [-0.05, 0) is 53.2 Å². The van der Waals surface area contributed by atoms with E-state index < -0.39 is 0 Å². The molecule has 0 unspecified atom stereocenters. The van der Waals surface area contributed by atoms with Crippen molar-refractivity contribution < 1.29 is 4.42 Å². The summed E-state index contributed by atoms with van der Waals surface area (Å²) in [6.07, 6.45) is 1.83. The van der Waals surface area contributed by atoms with E-state index in [1.54, 1.807) is 0 Å². The molecule has 2 heterocycles. The second-order valence-electron chi connectivity index (χ2n) is 6.48. The molecule has 2 aromatic heterocycles. The Bertz CT molecular complexity index is 587. The number of nitrogens with zero attached hydrogens (tertiary/aromatic N) is 2. The van der Waals surface area contributed by atoms with Crippen molar-refractivity contribution in [3.8, 4) is 0 Å². The molecule has 4 heteroatoms. The van der Waals surface area contributed by atoms with Gasteiger partial charge in [0.2, 0.25) is 0 Å². The van der Waals surface area contributed by atoms with E-state index >= 15 is 0 Å². The fourth-order valence-electron chi connectivity index (χ4n) is 2.06. The number of aromatic nitrogens is 2. The zero-order valence-electron chi connectivity index (χ0n) is 13.4. The second kappa shape index (κ2) is 5.44. The minimum absolute atomic E-state index is 0.115. The molecular weight excluding hydrogens is 250 g/mol. The largest absolute Gasteiger partial charge is 0.467 e. The molecule has 0 saturated carbocycles. The summed E-state index contributed by atoms with van der Waals surface area (Å²) < 4.78 is 7.64. The van der Waals surface area contributed by atoms with Crippen LogP contribution in [-0.2, 0) is 13.1 Å². The average Bonchev–Trinajstić information content (AvgIpc) is 2.88. The van der Waals surface area contributed by atoms with Crippen molar-refractivity contribution in [3.63, 3.8) is 0 Å². The molecule has 20 heavy (non-hydrogen) atoms. The summed E-state index contributed by atoms with van der Waals surface area (Å²) >= 11 is 0. The Balaban J connectivity index is 2.04. The number of furan rings is 1. The van der Waals surface area contributed by atoms with Crippen molar-refractivity contribution >= 4 is 0 Å². The second-order valence-corrected chi connectivity index (χ2v) is 6.48. The van der Waals surface area contributed by atoms with Gasteiger partial charge in [-0.2, -0.15) is 5.10 Å². The molecule has 0 atom stereocenters. The molecule has 0 amide bonds. The van der Waals surface area contributed by atoms with E-state index in [4.69, 9.17) is 4.42 Å². The van der Waals surface area contributed by atoms with Crippen molar-refractivity contribution in [3.05, 3.63) is 40.6 Å². The summed E-state index contributed by atoms with van der Waals surface area (Å²) in [5.41, 5.74) is 4.83. The Labute approximate surface area is 121 Å². The first-order chi connectivity index (χ1) is 9.26. The SMILES string of the molecule is Cc1nn(Cc2cc(CNC(C)(C)C)co2)c(C)c1C. The van der Waals surface area contributed by atoms with Crippen LogP contribution in [0.2, 0.25) is 0 Å². The van der Waals surface area contributed by atoms with Crippen LogP contribution in [0.5, 0.6) is 0 Å². The van der Waals surface area contributed by atoms with E-state index in [9.17, 15) is 0 Å². The minimum atomic E-state index is 0.115. The van der Waals surface area contributed by atoms with E-state index in [1.807, 2.05) is 17.9 Å². The maximum atomic E-state index is 5.64. The van der Waals surface area contributed by atoms with Crippen LogP contribution in [0.15, 0.2) is 16.7 Å². The molecular formula is C16H25N3O. The molecule has 2 rings (SSSR count). The Hall–Kier alpha value is -1.55. The summed E-state index contributed by atoms with van der Waals surface area (Å²) in [5.74, 6) is 0.946. The van der Waals surface area contributed by atoms with Crippen LogP contribution >= 0.6 is 0 Å². The lowest BCUT2D eigenvalue weighted by Crippen LogP contribution is -2.34. The van der Waals surface area contributed by atoms with E-state index in [0.29, 0.717) is 6.54 Å². The third-order valence-corrected chi connectivity index (χ3v) is 3.58. The van der Waals surface area contributed by atoms with E-state index in [0.717, 1.165) is 18.0 Å². The molecule has 1 N–H and O–H groups in total. The fraction of sp³-hybridized carbons (Fsp3) is 0.562. The van der Waals surface area contributed by atoms with Gasteiger partial charge in [-0.25, -0.2) is 0 Å². The molecule has 2 aromatic rings. The number of nitrogens with one attached hydrogen (secondary N) is 1. The summed E-state index contributed by atoms with van der Waals surface area (Å²) in [6, 6.07) is 2.10. The van der Waals surface area contributed by atoms with Gasteiger partial charge in [0.15, 0.2) is 0 Å². The number of hydrogen-bond acceptors (Lipinski definition) is 3. The van der Waals surface area contributed by atoms with Crippen molar-refractivity contribution in [1.82, 2.24) is 15.1 Å². The van der Waals surface area contributed by atoms with Crippen molar-refractivity contribution in [2.45, 2.75) is 60.2 Å². The molecule has 0 fully saturated rings. The Kier molecular flexibility index (Phi) is 4.04. The van der Waals surface area contributed by atoms with Gasteiger partial charge in [0.1, 0.15) is 5.76 Å². The zero-order chi connectivity index (χ0) is 14.9. The molecule has 0 saturated heterocycles. The number of aryl methyl sites for hydroxylation is 1. The molecule has 0 spiro atoms. The predicted octanol–water partition coefficient (Wildman–Crippen LogP) is 3.34.